The lowest BCUT2D eigenvalue weighted by Crippen LogP contribution is -1.92. The molecule has 0 bridgehead atoms. The average Bonchev–Trinajstić information content (AvgIpc) is 2.94. The minimum Gasteiger partial charge on any atom is -0.346 e. The Labute approximate surface area is 113 Å². The molecular weight excluding hydrogens is 258 g/mol. The molecule has 92 valence electrons. The molecule has 3 aromatic rings. The summed E-state index contributed by atoms with van der Waals surface area (Å²) in [5.41, 5.74) is 1.44. The standard InChI is InChI=1S/C13H9N5S/c14-7-9-2-1-3-10(6-9)19-18-13-11-4-5-15-12(11)16-8-17-13/h1-6,8H,(H2,15,16,17,18). The second kappa shape index (κ2) is 5.00. The van der Waals surface area contributed by atoms with Crippen molar-refractivity contribution in [1.82, 2.24) is 15.0 Å². The third-order valence-corrected chi connectivity index (χ3v) is 3.37. The molecule has 2 aromatic heterocycles. The van der Waals surface area contributed by atoms with Gasteiger partial charge in [-0.25, -0.2) is 9.97 Å². The first-order valence-corrected chi connectivity index (χ1v) is 6.39. The first kappa shape index (κ1) is 11.6. The van der Waals surface area contributed by atoms with Gasteiger partial charge >= 0.3 is 0 Å². The number of hydrogen-bond donors (Lipinski definition) is 2. The molecule has 2 heterocycles. The molecule has 19 heavy (non-hydrogen) atoms. The Morgan fingerprint density at radius 3 is 3.11 bits per heavy atom. The molecule has 0 saturated carbocycles. The van der Waals surface area contributed by atoms with Gasteiger partial charge in [0.2, 0.25) is 0 Å². The van der Waals surface area contributed by atoms with E-state index >= 15 is 0 Å². The molecule has 0 spiro atoms. The highest BCUT2D eigenvalue weighted by Gasteiger charge is 2.04. The van der Waals surface area contributed by atoms with Gasteiger partial charge in [-0.15, -0.1) is 0 Å². The Bertz CT molecular complexity index is 759. The molecule has 0 aliphatic carbocycles. The average molecular weight is 267 g/mol. The number of H-pyrrole nitrogens is 1. The van der Waals surface area contributed by atoms with Crippen LogP contribution in [0.1, 0.15) is 5.56 Å². The molecule has 0 aliphatic heterocycles. The Hall–Kier alpha value is -2.52. The van der Waals surface area contributed by atoms with Crippen molar-refractivity contribution in [2.45, 2.75) is 4.90 Å². The van der Waals surface area contributed by atoms with Crippen molar-refractivity contribution in [3.63, 3.8) is 0 Å². The van der Waals surface area contributed by atoms with E-state index in [0.29, 0.717) is 5.56 Å². The van der Waals surface area contributed by atoms with E-state index in [1.165, 1.54) is 18.3 Å². The third kappa shape index (κ3) is 2.37. The van der Waals surface area contributed by atoms with Gasteiger partial charge in [0.25, 0.3) is 0 Å². The summed E-state index contributed by atoms with van der Waals surface area (Å²) in [7, 11) is 0. The minimum absolute atomic E-state index is 0.640. The molecule has 2 N–H and O–H groups in total. The molecule has 0 aliphatic rings. The lowest BCUT2D eigenvalue weighted by Gasteiger charge is -2.05. The van der Waals surface area contributed by atoms with Crippen molar-refractivity contribution in [2.75, 3.05) is 4.72 Å². The summed E-state index contributed by atoms with van der Waals surface area (Å²) in [6, 6.07) is 11.4. The summed E-state index contributed by atoms with van der Waals surface area (Å²) in [5, 5.41) is 9.79. The van der Waals surface area contributed by atoms with E-state index in [4.69, 9.17) is 5.26 Å². The van der Waals surface area contributed by atoms with Gasteiger partial charge in [0.05, 0.1) is 17.0 Å². The highest BCUT2D eigenvalue weighted by atomic mass is 32.2. The molecule has 0 radical (unpaired) electrons. The maximum absolute atomic E-state index is 8.86. The van der Waals surface area contributed by atoms with Crippen LogP contribution in [0.2, 0.25) is 0 Å². The number of aromatic nitrogens is 3. The van der Waals surface area contributed by atoms with Crippen LogP contribution in [0, 0.1) is 11.3 Å². The zero-order valence-electron chi connectivity index (χ0n) is 9.79. The number of fused-ring (bicyclic) bond motifs is 1. The van der Waals surface area contributed by atoms with Crippen LogP contribution in [0.4, 0.5) is 5.82 Å². The van der Waals surface area contributed by atoms with Crippen LogP contribution in [0.25, 0.3) is 11.0 Å². The molecule has 0 atom stereocenters. The highest BCUT2D eigenvalue weighted by molar-refractivity contribution is 8.00. The molecule has 0 amide bonds. The number of nitriles is 1. The quantitative estimate of drug-likeness (QED) is 0.713. The predicted molar refractivity (Wildman–Crippen MR) is 74.5 cm³/mol. The van der Waals surface area contributed by atoms with Crippen LogP contribution >= 0.6 is 11.9 Å². The van der Waals surface area contributed by atoms with Gasteiger partial charge in [0.1, 0.15) is 17.8 Å². The maximum Gasteiger partial charge on any atom is 0.149 e. The normalized spacial score (nSPS) is 10.3. The van der Waals surface area contributed by atoms with Gasteiger partial charge in [-0.1, -0.05) is 6.07 Å². The van der Waals surface area contributed by atoms with Gasteiger partial charge < -0.3 is 9.71 Å². The number of nitrogens with one attached hydrogen (secondary N) is 2. The first-order valence-electron chi connectivity index (χ1n) is 5.58. The molecular formula is C13H9N5S. The zero-order chi connectivity index (χ0) is 13.1. The number of aromatic amines is 1. The van der Waals surface area contributed by atoms with Gasteiger partial charge in [0.15, 0.2) is 0 Å². The van der Waals surface area contributed by atoms with Crippen LogP contribution in [0.15, 0.2) is 47.8 Å². The Morgan fingerprint density at radius 2 is 2.21 bits per heavy atom. The van der Waals surface area contributed by atoms with Crippen LogP contribution < -0.4 is 4.72 Å². The second-order valence-electron chi connectivity index (χ2n) is 3.81. The van der Waals surface area contributed by atoms with Gasteiger partial charge in [-0.05, 0) is 36.2 Å². The van der Waals surface area contributed by atoms with Gasteiger partial charge in [-0.3, -0.25) is 0 Å². The number of anilines is 1. The number of rotatable bonds is 3. The SMILES string of the molecule is N#Cc1cccc(SNc2ncnc3[nH]ccc23)c1. The molecule has 0 unspecified atom stereocenters. The number of hydrogen-bond acceptors (Lipinski definition) is 5. The fraction of sp³-hybridized carbons (Fsp3) is 0. The van der Waals surface area contributed by atoms with Crippen LogP contribution in [-0.4, -0.2) is 15.0 Å². The Morgan fingerprint density at radius 1 is 1.26 bits per heavy atom. The van der Waals surface area contributed by atoms with Crippen molar-refractivity contribution >= 4 is 28.8 Å². The lowest BCUT2D eigenvalue weighted by molar-refractivity contribution is 1.21. The van der Waals surface area contributed by atoms with E-state index in [-0.39, 0.29) is 0 Å². The summed E-state index contributed by atoms with van der Waals surface area (Å²) in [6.45, 7) is 0. The molecule has 3 rings (SSSR count). The summed E-state index contributed by atoms with van der Waals surface area (Å²) in [6.07, 6.45) is 3.33. The molecule has 1 aromatic carbocycles. The summed E-state index contributed by atoms with van der Waals surface area (Å²) in [5.74, 6) is 0.749. The molecule has 5 nitrogen and oxygen atoms in total. The topological polar surface area (TPSA) is 77.4 Å². The van der Waals surface area contributed by atoms with E-state index in [2.05, 4.69) is 25.7 Å². The number of benzene rings is 1. The van der Waals surface area contributed by atoms with Gasteiger partial charge in [-0.2, -0.15) is 5.26 Å². The van der Waals surface area contributed by atoms with E-state index in [9.17, 15) is 0 Å². The van der Waals surface area contributed by atoms with E-state index in [0.717, 1.165) is 21.7 Å². The maximum atomic E-state index is 8.86. The van der Waals surface area contributed by atoms with Crippen molar-refractivity contribution in [2.24, 2.45) is 0 Å². The van der Waals surface area contributed by atoms with Crippen LogP contribution in [0.3, 0.4) is 0 Å². The van der Waals surface area contributed by atoms with E-state index < -0.39 is 0 Å². The van der Waals surface area contributed by atoms with E-state index in [1.807, 2.05) is 30.5 Å². The summed E-state index contributed by atoms with van der Waals surface area (Å²) >= 11 is 1.42. The monoisotopic (exact) mass is 267 g/mol. The largest absolute Gasteiger partial charge is 0.346 e. The minimum atomic E-state index is 0.640. The third-order valence-electron chi connectivity index (χ3n) is 2.58. The molecule has 0 saturated heterocycles. The Balaban J connectivity index is 1.82. The first-order chi connectivity index (χ1) is 9.36. The van der Waals surface area contributed by atoms with Gasteiger partial charge in [0, 0.05) is 11.1 Å². The zero-order valence-corrected chi connectivity index (χ0v) is 10.6. The summed E-state index contributed by atoms with van der Waals surface area (Å²) < 4.78 is 3.18. The number of nitrogens with zero attached hydrogens (tertiary/aromatic N) is 3. The van der Waals surface area contributed by atoms with Crippen molar-refractivity contribution in [1.29, 1.82) is 5.26 Å². The highest BCUT2D eigenvalue weighted by Crippen LogP contribution is 2.24. The predicted octanol–water partition coefficient (Wildman–Crippen LogP) is 2.95. The van der Waals surface area contributed by atoms with Crippen LogP contribution in [-0.2, 0) is 0 Å². The Kier molecular flexibility index (Phi) is 3.04. The van der Waals surface area contributed by atoms with Crippen molar-refractivity contribution in [3.8, 4) is 6.07 Å². The van der Waals surface area contributed by atoms with Crippen LogP contribution in [0.5, 0.6) is 0 Å². The lowest BCUT2D eigenvalue weighted by atomic mass is 10.2. The van der Waals surface area contributed by atoms with Crippen molar-refractivity contribution < 1.29 is 0 Å². The fourth-order valence-electron chi connectivity index (χ4n) is 1.69. The smallest absolute Gasteiger partial charge is 0.149 e. The second-order valence-corrected chi connectivity index (χ2v) is 4.69. The summed E-state index contributed by atoms with van der Waals surface area (Å²) in [4.78, 5) is 12.3. The molecule has 6 heteroatoms. The van der Waals surface area contributed by atoms with E-state index in [1.54, 1.807) is 6.07 Å². The fourth-order valence-corrected chi connectivity index (χ4v) is 2.40. The van der Waals surface area contributed by atoms with Crippen molar-refractivity contribution in [3.05, 3.63) is 48.4 Å². The molecule has 0 fully saturated rings.